The average Bonchev–Trinajstić information content (AvgIpc) is 2.50. The van der Waals surface area contributed by atoms with Crippen molar-refractivity contribution in [2.24, 2.45) is 0 Å². The largest absolute Gasteiger partial charge is 0.376 e. The zero-order valence-electron chi connectivity index (χ0n) is 13.1. The normalized spacial score (nSPS) is 18.5. The third kappa shape index (κ3) is 5.36. The molecule has 1 saturated heterocycles. The monoisotopic (exact) mass is 310 g/mol. The molecule has 0 radical (unpaired) electrons. The molecule has 2 rings (SSSR count). The van der Waals surface area contributed by atoms with Crippen molar-refractivity contribution in [3.63, 3.8) is 0 Å². The summed E-state index contributed by atoms with van der Waals surface area (Å²) in [5.41, 5.74) is 0.975. The second-order valence-corrected chi connectivity index (χ2v) is 5.64. The maximum atomic E-state index is 12.9. The first-order valence-electron chi connectivity index (χ1n) is 7.41. The van der Waals surface area contributed by atoms with E-state index < -0.39 is 0 Å². The highest BCUT2D eigenvalue weighted by molar-refractivity contribution is 5.78. The number of likely N-dealkylation sites (N-methyl/N-ethyl adjacent to an activating group) is 2. The Hall–Kier alpha value is -1.50. The van der Waals surface area contributed by atoms with Crippen molar-refractivity contribution in [3.8, 4) is 0 Å². The summed E-state index contributed by atoms with van der Waals surface area (Å²) in [5.74, 6) is -0.226. The third-order valence-electron chi connectivity index (χ3n) is 3.56. The Labute approximate surface area is 130 Å². The summed E-state index contributed by atoms with van der Waals surface area (Å²) in [4.78, 5) is 15.8. The molecule has 122 valence electrons. The van der Waals surface area contributed by atoms with Crippen molar-refractivity contribution in [1.82, 2.24) is 9.80 Å². The second kappa shape index (κ2) is 8.22. The Kier molecular flexibility index (Phi) is 6.30. The van der Waals surface area contributed by atoms with Gasteiger partial charge in [0.25, 0.3) is 0 Å². The molecular formula is C16H23FN2O3. The first-order chi connectivity index (χ1) is 10.5. The van der Waals surface area contributed by atoms with Crippen LogP contribution in [0.5, 0.6) is 0 Å². The molecule has 22 heavy (non-hydrogen) atoms. The number of nitrogens with zero attached hydrogens (tertiary/aromatic N) is 2. The number of hydrogen-bond donors (Lipinski definition) is 0. The summed E-state index contributed by atoms with van der Waals surface area (Å²) in [5, 5.41) is 0. The first kappa shape index (κ1) is 16.9. The fourth-order valence-corrected chi connectivity index (χ4v) is 2.36. The number of carbonyl (C=O) groups is 1. The van der Waals surface area contributed by atoms with Gasteiger partial charge in [0, 0.05) is 20.1 Å². The second-order valence-electron chi connectivity index (χ2n) is 5.64. The van der Waals surface area contributed by atoms with Gasteiger partial charge in [0.15, 0.2) is 0 Å². The van der Waals surface area contributed by atoms with Gasteiger partial charge in [-0.25, -0.2) is 4.39 Å². The Morgan fingerprint density at radius 1 is 1.27 bits per heavy atom. The molecule has 0 spiro atoms. The zero-order valence-corrected chi connectivity index (χ0v) is 13.1. The molecule has 0 aliphatic carbocycles. The predicted molar refractivity (Wildman–Crippen MR) is 80.9 cm³/mol. The molecule has 0 aromatic heterocycles. The number of amides is 1. The van der Waals surface area contributed by atoms with E-state index in [1.807, 2.05) is 11.9 Å². The summed E-state index contributed by atoms with van der Waals surface area (Å²) in [6, 6.07) is 6.32. The number of hydrogen-bond acceptors (Lipinski definition) is 4. The van der Waals surface area contributed by atoms with E-state index in [1.54, 1.807) is 24.1 Å². The quantitative estimate of drug-likeness (QED) is 0.790. The van der Waals surface area contributed by atoms with Crippen LogP contribution in [0.2, 0.25) is 0 Å². The van der Waals surface area contributed by atoms with Gasteiger partial charge in [0.05, 0.1) is 32.5 Å². The third-order valence-corrected chi connectivity index (χ3v) is 3.56. The first-order valence-corrected chi connectivity index (χ1v) is 7.41. The van der Waals surface area contributed by atoms with E-state index >= 15 is 0 Å². The van der Waals surface area contributed by atoms with Gasteiger partial charge in [-0.1, -0.05) is 12.1 Å². The SMILES string of the molecule is CN(CC(=O)N(C)CC1COCCO1)Cc1ccc(F)cc1. The molecule has 0 bridgehead atoms. The topological polar surface area (TPSA) is 42.0 Å². The van der Waals surface area contributed by atoms with Crippen molar-refractivity contribution < 1.29 is 18.7 Å². The van der Waals surface area contributed by atoms with E-state index in [0.717, 1.165) is 5.56 Å². The lowest BCUT2D eigenvalue weighted by molar-refractivity contribution is -0.137. The number of ether oxygens (including phenoxy) is 2. The standard InChI is InChI=1S/C16H23FN2O3/c1-18(9-13-3-5-14(17)6-4-13)11-16(20)19(2)10-15-12-21-7-8-22-15/h3-6,15H,7-12H2,1-2H3. The van der Waals surface area contributed by atoms with Gasteiger partial charge in [-0.15, -0.1) is 0 Å². The molecule has 6 heteroatoms. The molecule has 5 nitrogen and oxygen atoms in total. The fraction of sp³-hybridized carbons (Fsp3) is 0.562. The minimum Gasteiger partial charge on any atom is -0.376 e. The van der Waals surface area contributed by atoms with Crippen molar-refractivity contribution in [3.05, 3.63) is 35.6 Å². The highest BCUT2D eigenvalue weighted by Gasteiger charge is 2.20. The number of benzene rings is 1. The smallest absolute Gasteiger partial charge is 0.236 e. The Morgan fingerprint density at radius 3 is 2.64 bits per heavy atom. The van der Waals surface area contributed by atoms with Gasteiger partial charge in [-0.2, -0.15) is 0 Å². The maximum absolute atomic E-state index is 12.9. The van der Waals surface area contributed by atoms with Crippen LogP contribution in [0.15, 0.2) is 24.3 Å². The molecule has 1 unspecified atom stereocenters. The lowest BCUT2D eigenvalue weighted by atomic mass is 10.2. The predicted octanol–water partition coefficient (Wildman–Crippen LogP) is 1.13. The Bertz CT molecular complexity index is 475. The fourth-order valence-electron chi connectivity index (χ4n) is 2.36. The zero-order chi connectivity index (χ0) is 15.9. The Morgan fingerprint density at radius 2 is 2.00 bits per heavy atom. The van der Waals surface area contributed by atoms with E-state index in [0.29, 0.717) is 39.5 Å². The van der Waals surface area contributed by atoms with E-state index in [1.165, 1.54) is 12.1 Å². The van der Waals surface area contributed by atoms with Crippen LogP contribution in [-0.2, 0) is 20.8 Å². The molecule has 1 aromatic carbocycles. The highest BCUT2D eigenvalue weighted by atomic mass is 19.1. The summed E-state index contributed by atoms with van der Waals surface area (Å²) in [7, 11) is 3.64. The molecule has 1 heterocycles. The van der Waals surface area contributed by atoms with Crippen molar-refractivity contribution in [2.75, 3.05) is 47.0 Å². The van der Waals surface area contributed by atoms with E-state index in [9.17, 15) is 9.18 Å². The molecule has 1 amide bonds. The lowest BCUT2D eigenvalue weighted by Gasteiger charge is -2.28. The van der Waals surface area contributed by atoms with E-state index in [-0.39, 0.29) is 17.8 Å². The molecular weight excluding hydrogens is 287 g/mol. The molecule has 0 N–H and O–H groups in total. The van der Waals surface area contributed by atoms with Crippen LogP contribution in [0.1, 0.15) is 5.56 Å². The molecule has 1 aromatic rings. The maximum Gasteiger partial charge on any atom is 0.236 e. The van der Waals surface area contributed by atoms with Crippen molar-refractivity contribution in [1.29, 1.82) is 0 Å². The number of carbonyl (C=O) groups excluding carboxylic acids is 1. The van der Waals surface area contributed by atoms with Crippen molar-refractivity contribution in [2.45, 2.75) is 12.6 Å². The number of rotatable bonds is 6. The summed E-state index contributed by atoms with van der Waals surface area (Å²) in [6.45, 7) is 3.17. The molecule has 1 aliphatic rings. The van der Waals surface area contributed by atoms with Gasteiger partial charge in [-0.3, -0.25) is 9.69 Å². The van der Waals surface area contributed by atoms with Gasteiger partial charge in [0.2, 0.25) is 5.91 Å². The minimum absolute atomic E-state index is 0.0267. The van der Waals surface area contributed by atoms with E-state index in [4.69, 9.17) is 9.47 Å². The average molecular weight is 310 g/mol. The van der Waals surface area contributed by atoms with E-state index in [2.05, 4.69) is 0 Å². The molecule has 1 aliphatic heterocycles. The van der Waals surface area contributed by atoms with Gasteiger partial charge in [-0.05, 0) is 24.7 Å². The van der Waals surface area contributed by atoms with Crippen LogP contribution in [0.3, 0.4) is 0 Å². The van der Waals surface area contributed by atoms with Gasteiger partial charge < -0.3 is 14.4 Å². The van der Waals surface area contributed by atoms with Crippen LogP contribution in [0.25, 0.3) is 0 Å². The van der Waals surface area contributed by atoms with Crippen LogP contribution in [0.4, 0.5) is 4.39 Å². The minimum atomic E-state index is -0.253. The van der Waals surface area contributed by atoms with Crippen LogP contribution >= 0.6 is 0 Å². The van der Waals surface area contributed by atoms with Crippen LogP contribution in [0, 0.1) is 5.82 Å². The van der Waals surface area contributed by atoms with Gasteiger partial charge >= 0.3 is 0 Å². The van der Waals surface area contributed by atoms with Crippen molar-refractivity contribution >= 4 is 5.91 Å². The summed E-state index contributed by atoms with van der Waals surface area (Å²) < 4.78 is 23.7. The molecule has 1 fully saturated rings. The molecule has 0 saturated carbocycles. The van der Waals surface area contributed by atoms with Crippen LogP contribution < -0.4 is 0 Å². The summed E-state index contributed by atoms with van der Waals surface area (Å²) >= 11 is 0. The van der Waals surface area contributed by atoms with Crippen LogP contribution in [-0.4, -0.2) is 68.8 Å². The lowest BCUT2D eigenvalue weighted by Crippen LogP contribution is -2.43. The molecule has 1 atom stereocenters. The van der Waals surface area contributed by atoms with Gasteiger partial charge in [0.1, 0.15) is 5.82 Å². The highest BCUT2D eigenvalue weighted by Crippen LogP contribution is 2.07. The summed E-state index contributed by atoms with van der Waals surface area (Å²) in [6.07, 6.45) is -0.0508. The Balaban J connectivity index is 1.75. The number of halogens is 1.